The lowest BCUT2D eigenvalue weighted by atomic mass is 10.1. The van der Waals surface area contributed by atoms with Crippen molar-refractivity contribution in [3.63, 3.8) is 0 Å². The van der Waals surface area contributed by atoms with Gasteiger partial charge in [0.15, 0.2) is 0 Å². The number of ether oxygens (including phenoxy) is 1. The van der Waals surface area contributed by atoms with Crippen LogP contribution in [0, 0.1) is 0 Å². The predicted octanol–water partition coefficient (Wildman–Crippen LogP) is 2.88. The molecule has 3 rings (SSSR count). The summed E-state index contributed by atoms with van der Waals surface area (Å²) in [6.45, 7) is 1.97. The second-order valence-corrected chi connectivity index (χ2v) is 7.38. The topological polar surface area (TPSA) is 111 Å². The van der Waals surface area contributed by atoms with Gasteiger partial charge in [-0.25, -0.2) is 9.59 Å². The van der Waals surface area contributed by atoms with Gasteiger partial charge in [-0.15, -0.1) is 11.3 Å². The molecule has 0 fully saturated rings. The van der Waals surface area contributed by atoms with Crippen molar-refractivity contribution in [2.45, 2.75) is 39.0 Å². The van der Waals surface area contributed by atoms with Crippen LogP contribution in [0.2, 0.25) is 0 Å². The summed E-state index contributed by atoms with van der Waals surface area (Å²) >= 11 is 1.37. The zero-order chi connectivity index (χ0) is 19.6. The molecule has 2 heterocycles. The summed E-state index contributed by atoms with van der Waals surface area (Å²) in [5, 5.41) is 16.2. The molecule has 9 heteroatoms. The average molecular weight is 391 g/mol. The van der Waals surface area contributed by atoms with E-state index in [4.69, 9.17) is 4.74 Å². The first-order valence-electron chi connectivity index (χ1n) is 8.82. The maximum atomic E-state index is 12.8. The fourth-order valence-corrected chi connectivity index (χ4v) is 4.55. The number of carbonyl (C=O) groups is 3. The van der Waals surface area contributed by atoms with Crippen molar-refractivity contribution in [1.82, 2.24) is 9.78 Å². The van der Waals surface area contributed by atoms with Crippen LogP contribution in [0.1, 0.15) is 67.8 Å². The molecule has 0 saturated heterocycles. The van der Waals surface area contributed by atoms with Crippen LogP contribution < -0.4 is 5.32 Å². The van der Waals surface area contributed by atoms with Crippen molar-refractivity contribution >= 4 is 34.2 Å². The lowest BCUT2D eigenvalue weighted by Crippen LogP contribution is -2.20. The van der Waals surface area contributed by atoms with Crippen LogP contribution in [-0.2, 0) is 24.6 Å². The van der Waals surface area contributed by atoms with E-state index in [2.05, 4.69) is 10.4 Å². The second kappa shape index (κ2) is 7.91. The van der Waals surface area contributed by atoms with Crippen LogP contribution in [0.4, 0.5) is 5.00 Å². The van der Waals surface area contributed by atoms with Gasteiger partial charge < -0.3 is 15.2 Å². The van der Waals surface area contributed by atoms with Gasteiger partial charge in [-0.1, -0.05) is 6.42 Å². The van der Waals surface area contributed by atoms with Crippen LogP contribution in [0.25, 0.3) is 0 Å². The summed E-state index contributed by atoms with van der Waals surface area (Å²) in [7, 11) is 1.50. The van der Waals surface area contributed by atoms with Gasteiger partial charge in [-0.2, -0.15) is 5.10 Å². The molecule has 0 aliphatic heterocycles. The molecule has 0 aromatic carbocycles. The van der Waals surface area contributed by atoms with Crippen molar-refractivity contribution in [3.8, 4) is 0 Å². The standard InChI is InChI=1S/C18H21N3O5S/c1-3-26-18(25)13-10-7-5-4-6-8-12(10)27-16(13)20-15(22)14-11(17(23)24)9-19-21(14)2/h9H,3-8H2,1-2H3,(H,20,22)(H,23,24). The normalized spacial score (nSPS) is 13.6. The maximum Gasteiger partial charge on any atom is 0.341 e. The SMILES string of the molecule is CCOC(=O)c1c(NC(=O)c2c(C(=O)O)cnn2C)sc2c1CCCCC2. The Kier molecular flexibility index (Phi) is 5.59. The highest BCUT2D eigenvalue weighted by molar-refractivity contribution is 7.17. The molecule has 144 valence electrons. The van der Waals surface area contributed by atoms with Crippen LogP contribution in [0.15, 0.2) is 6.20 Å². The van der Waals surface area contributed by atoms with E-state index in [0.29, 0.717) is 10.6 Å². The smallest absolute Gasteiger partial charge is 0.341 e. The Morgan fingerprint density at radius 1 is 1.30 bits per heavy atom. The summed E-state index contributed by atoms with van der Waals surface area (Å²) in [5.41, 5.74) is 1.08. The minimum absolute atomic E-state index is 0.0686. The third-order valence-electron chi connectivity index (χ3n) is 4.51. The molecule has 2 aromatic heterocycles. The van der Waals surface area contributed by atoms with Gasteiger partial charge in [0.25, 0.3) is 5.91 Å². The van der Waals surface area contributed by atoms with E-state index in [9.17, 15) is 19.5 Å². The number of amides is 1. The summed E-state index contributed by atoms with van der Waals surface area (Å²) in [4.78, 5) is 37.7. The van der Waals surface area contributed by atoms with Crippen LogP contribution in [-0.4, -0.2) is 39.3 Å². The Morgan fingerprint density at radius 3 is 2.74 bits per heavy atom. The number of nitrogens with zero attached hydrogens (tertiary/aromatic N) is 2. The fourth-order valence-electron chi connectivity index (χ4n) is 3.28. The number of aromatic carboxylic acids is 1. The van der Waals surface area contributed by atoms with E-state index < -0.39 is 17.8 Å². The number of esters is 1. The number of anilines is 1. The van der Waals surface area contributed by atoms with Crippen LogP contribution in [0.5, 0.6) is 0 Å². The van der Waals surface area contributed by atoms with Crippen molar-refractivity contribution in [1.29, 1.82) is 0 Å². The van der Waals surface area contributed by atoms with E-state index in [1.165, 1.54) is 23.1 Å². The Labute approximate surface area is 160 Å². The van der Waals surface area contributed by atoms with Gasteiger partial charge in [0.05, 0.1) is 18.4 Å². The van der Waals surface area contributed by atoms with E-state index in [1.807, 2.05) is 0 Å². The molecule has 0 saturated carbocycles. The highest BCUT2D eigenvalue weighted by Crippen LogP contribution is 2.38. The highest BCUT2D eigenvalue weighted by atomic mass is 32.1. The molecule has 2 aromatic rings. The second-order valence-electron chi connectivity index (χ2n) is 6.28. The molecule has 0 bridgehead atoms. The predicted molar refractivity (Wildman–Crippen MR) is 99.7 cm³/mol. The number of rotatable bonds is 5. The fraction of sp³-hybridized carbons (Fsp3) is 0.444. The van der Waals surface area contributed by atoms with Crippen molar-refractivity contribution < 1.29 is 24.2 Å². The summed E-state index contributed by atoms with van der Waals surface area (Å²) in [6.07, 6.45) is 5.87. The van der Waals surface area contributed by atoms with Crippen LogP contribution in [0.3, 0.4) is 0 Å². The molecule has 0 unspecified atom stereocenters. The van der Waals surface area contributed by atoms with E-state index in [1.54, 1.807) is 6.92 Å². The number of hydrogen-bond donors (Lipinski definition) is 2. The third kappa shape index (κ3) is 3.73. The molecular formula is C18H21N3O5S. The Bertz CT molecular complexity index is 899. The molecule has 2 N–H and O–H groups in total. The van der Waals surface area contributed by atoms with Crippen molar-refractivity contribution in [3.05, 3.63) is 33.5 Å². The summed E-state index contributed by atoms with van der Waals surface area (Å²) < 4.78 is 6.41. The van der Waals surface area contributed by atoms with E-state index in [-0.39, 0.29) is 17.9 Å². The highest BCUT2D eigenvalue weighted by Gasteiger charge is 2.29. The largest absolute Gasteiger partial charge is 0.478 e. The van der Waals surface area contributed by atoms with Gasteiger partial charge in [0.2, 0.25) is 0 Å². The molecule has 0 radical (unpaired) electrons. The van der Waals surface area contributed by atoms with E-state index >= 15 is 0 Å². The number of carboxylic acid groups (broad SMARTS) is 1. The first kappa shape index (κ1) is 19.1. The molecule has 8 nitrogen and oxygen atoms in total. The van der Waals surface area contributed by atoms with Crippen LogP contribution >= 0.6 is 11.3 Å². The number of hydrogen-bond acceptors (Lipinski definition) is 6. The van der Waals surface area contributed by atoms with Gasteiger partial charge in [-0.05, 0) is 38.2 Å². The zero-order valence-corrected chi connectivity index (χ0v) is 16.0. The van der Waals surface area contributed by atoms with E-state index in [0.717, 1.165) is 48.7 Å². The monoisotopic (exact) mass is 391 g/mol. The van der Waals surface area contributed by atoms with Crippen molar-refractivity contribution in [2.24, 2.45) is 7.05 Å². The molecule has 1 amide bonds. The molecular weight excluding hydrogens is 370 g/mol. The molecule has 0 spiro atoms. The first-order valence-corrected chi connectivity index (χ1v) is 9.64. The number of aryl methyl sites for hydroxylation is 2. The number of carbonyl (C=O) groups excluding carboxylic acids is 2. The number of aromatic nitrogens is 2. The minimum atomic E-state index is -1.24. The number of nitrogens with one attached hydrogen (secondary N) is 1. The van der Waals surface area contributed by atoms with Gasteiger partial charge in [0.1, 0.15) is 16.3 Å². The Balaban J connectivity index is 1.99. The number of carboxylic acids is 1. The van der Waals surface area contributed by atoms with Gasteiger partial charge in [-0.3, -0.25) is 9.48 Å². The minimum Gasteiger partial charge on any atom is -0.478 e. The third-order valence-corrected chi connectivity index (χ3v) is 5.72. The quantitative estimate of drug-likeness (QED) is 0.599. The molecule has 0 atom stereocenters. The Hall–Kier alpha value is -2.68. The average Bonchev–Trinajstić information content (AvgIpc) is 3.07. The number of thiophene rings is 1. The molecule has 1 aliphatic rings. The Morgan fingerprint density at radius 2 is 2.04 bits per heavy atom. The lowest BCUT2D eigenvalue weighted by Gasteiger charge is -2.09. The van der Waals surface area contributed by atoms with Crippen molar-refractivity contribution in [2.75, 3.05) is 11.9 Å². The molecule has 1 aliphatic carbocycles. The van der Waals surface area contributed by atoms with Gasteiger partial charge >= 0.3 is 11.9 Å². The number of fused-ring (bicyclic) bond motifs is 1. The summed E-state index contributed by atoms with van der Waals surface area (Å²) in [5.74, 6) is -2.31. The van der Waals surface area contributed by atoms with Gasteiger partial charge in [0, 0.05) is 11.9 Å². The molecule has 27 heavy (non-hydrogen) atoms. The zero-order valence-electron chi connectivity index (χ0n) is 15.2. The maximum absolute atomic E-state index is 12.8. The summed E-state index contributed by atoms with van der Waals surface area (Å²) in [6, 6.07) is 0. The lowest BCUT2D eigenvalue weighted by molar-refractivity contribution is 0.0526. The first-order chi connectivity index (χ1) is 12.9.